The highest BCUT2D eigenvalue weighted by molar-refractivity contribution is 5.94. The van der Waals surface area contributed by atoms with Crippen molar-refractivity contribution in [2.75, 3.05) is 39.4 Å². The van der Waals surface area contributed by atoms with Gasteiger partial charge in [-0.2, -0.15) is 0 Å². The van der Waals surface area contributed by atoms with Crippen LogP contribution in [0.25, 0.3) is 0 Å². The van der Waals surface area contributed by atoms with Crippen LogP contribution in [-0.2, 0) is 16.1 Å². The Bertz CT molecular complexity index is 865. The minimum atomic E-state index is -0.0967. The van der Waals surface area contributed by atoms with Crippen molar-refractivity contribution >= 4 is 11.8 Å². The summed E-state index contributed by atoms with van der Waals surface area (Å²) in [5.41, 5.74) is 2.71. The number of amides is 2. The van der Waals surface area contributed by atoms with Gasteiger partial charge in [-0.05, 0) is 29.7 Å². The molecular formula is C24H29N3O3. The number of likely N-dealkylation sites (tertiary alicyclic amines) is 1. The van der Waals surface area contributed by atoms with Crippen LogP contribution < -0.4 is 5.32 Å². The van der Waals surface area contributed by atoms with Crippen molar-refractivity contribution < 1.29 is 14.3 Å². The number of hydrogen-bond donors (Lipinski definition) is 1. The number of nitrogens with one attached hydrogen (secondary N) is 1. The van der Waals surface area contributed by atoms with Gasteiger partial charge in [0.1, 0.15) is 0 Å². The lowest BCUT2D eigenvalue weighted by Crippen LogP contribution is -2.43. The summed E-state index contributed by atoms with van der Waals surface area (Å²) < 4.78 is 5.46. The maximum Gasteiger partial charge on any atom is 0.251 e. The summed E-state index contributed by atoms with van der Waals surface area (Å²) in [6.07, 6.45) is 1.54. The van der Waals surface area contributed by atoms with Gasteiger partial charge in [0, 0.05) is 44.7 Å². The third kappa shape index (κ3) is 5.26. The largest absolute Gasteiger partial charge is 0.379 e. The topological polar surface area (TPSA) is 61.9 Å². The summed E-state index contributed by atoms with van der Waals surface area (Å²) in [7, 11) is 0. The van der Waals surface area contributed by atoms with E-state index in [1.165, 1.54) is 0 Å². The van der Waals surface area contributed by atoms with E-state index in [1.54, 1.807) is 0 Å². The molecule has 2 aromatic carbocycles. The minimum Gasteiger partial charge on any atom is -0.379 e. The van der Waals surface area contributed by atoms with Crippen molar-refractivity contribution in [3.05, 3.63) is 71.3 Å². The molecule has 2 fully saturated rings. The molecule has 1 atom stereocenters. The Morgan fingerprint density at radius 2 is 1.83 bits per heavy atom. The Balaban J connectivity index is 1.46. The first-order chi connectivity index (χ1) is 14.7. The first-order valence-electron chi connectivity index (χ1n) is 10.7. The van der Waals surface area contributed by atoms with E-state index in [9.17, 15) is 9.59 Å². The molecule has 1 N–H and O–H groups in total. The normalized spacial score (nSPS) is 18.4. The van der Waals surface area contributed by atoms with Crippen molar-refractivity contribution in [3.63, 3.8) is 0 Å². The highest BCUT2D eigenvalue weighted by atomic mass is 16.5. The molecule has 2 saturated heterocycles. The van der Waals surface area contributed by atoms with Crippen molar-refractivity contribution in [2.24, 2.45) is 0 Å². The van der Waals surface area contributed by atoms with E-state index < -0.39 is 0 Å². The van der Waals surface area contributed by atoms with Gasteiger partial charge in [0.25, 0.3) is 5.91 Å². The monoisotopic (exact) mass is 407 g/mol. The number of nitrogens with zero attached hydrogens (tertiary/aromatic N) is 2. The van der Waals surface area contributed by atoms with Gasteiger partial charge in [0.05, 0.1) is 19.3 Å². The van der Waals surface area contributed by atoms with E-state index >= 15 is 0 Å². The quantitative estimate of drug-likeness (QED) is 0.767. The number of rotatable bonds is 7. The molecule has 2 heterocycles. The van der Waals surface area contributed by atoms with Gasteiger partial charge in [-0.1, -0.05) is 42.5 Å². The van der Waals surface area contributed by atoms with Crippen LogP contribution in [0.2, 0.25) is 0 Å². The smallest absolute Gasteiger partial charge is 0.251 e. The molecule has 30 heavy (non-hydrogen) atoms. The summed E-state index contributed by atoms with van der Waals surface area (Å²) >= 11 is 0. The number of morpholine rings is 1. The molecule has 0 bridgehead atoms. The van der Waals surface area contributed by atoms with E-state index in [4.69, 9.17) is 4.74 Å². The summed E-state index contributed by atoms with van der Waals surface area (Å²) in [5, 5.41) is 3.22. The molecule has 2 aliphatic heterocycles. The summed E-state index contributed by atoms with van der Waals surface area (Å²) in [6, 6.07) is 17.6. The van der Waals surface area contributed by atoms with Crippen molar-refractivity contribution in [3.8, 4) is 0 Å². The van der Waals surface area contributed by atoms with Gasteiger partial charge in [0.15, 0.2) is 0 Å². The molecule has 0 aliphatic carbocycles. The third-order valence-electron chi connectivity index (χ3n) is 5.79. The van der Waals surface area contributed by atoms with Gasteiger partial charge in [0.2, 0.25) is 5.91 Å². The van der Waals surface area contributed by atoms with Crippen LogP contribution in [0.3, 0.4) is 0 Å². The Morgan fingerprint density at radius 3 is 2.57 bits per heavy atom. The van der Waals surface area contributed by atoms with E-state index in [2.05, 4.69) is 22.3 Å². The van der Waals surface area contributed by atoms with Crippen LogP contribution in [0.1, 0.15) is 40.4 Å². The fourth-order valence-electron chi connectivity index (χ4n) is 4.11. The maximum atomic E-state index is 13.1. The Hall–Kier alpha value is -2.70. The lowest BCUT2D eigenvalue weighted by molar-refractivity contribution is -0.128. The van der Waals surface area contributed by atoms with Crippen molar-refractivity contribution in [1.29, 1.82) is 0 Å². The first-order valence-corrected chi connectivity index (χ1v) is 10.7. The molecule has 0 aromatic heterocycles. The minimum absolute atomic E-state index is 0.0910. The predicted molar refractivity (Wildman–Crippen MR) is 115 cm³/mol. The SMILES string of the molecule is O=C(N[C@@H](CN1CCOCC1)c1ccccc1)c1cccc(CN2CCCC2=O)c1. The zero-order valence-electron chi connectivity index (χ0n) is 17.3. The highest BCUT2D eigenvalue weighted by Crippen LogP contribution is 2.18. The first kappa shape index (κ1) is 20.6. The molecule has 0 saturated carbocycles. The van der Waals surface area contributed by atoms with Crippen LogP contribution in [0.5, 0.6) is 0 Å². The van der Waals surface area contributed by atoms with E-state index in [-0.39, 0.29) is 17.9 Å². The number of benzene rings is 2. The fourth-order valence-corrected chi connectivity index (χ4v) is 4.11. The van der Waals surface area contributed by atoms with Crippen LogP contribution >= 0.6 is 0 Å². The number of ether oxygens (including phenoxy) is 1. The second-order valence-electron chi connectivity index (χ2n) is 7.97. The molecule has 6 heteroatoms. The van der Waals surface area contributed by atoms with Crippen molar-refractivity contribution in [2.45, 2.75) is 25.4 Å². The molecule has 2 amide bonds. The average molecular weight is 408 g/mol. The number of hydrogen-bond acceptors (Lipinski definition) is 4. The second kappa shape index (κ2) is 9.87. The molecular weight excluding hydrogens is 378 g/mol. The van der Waals surface area contributed by atoms with E-state index in [1.807, 2.05) is 47.4 Å². The van der Waals surface area contributed by atoms with Gasteiger partial charge in [-0.15, -0.1) is 0 Å². The molecule has 2 aliphatic rings. The van der Waals surface area contributed by atoms with Crippen LogP contribution in [-0.4, -0.2) is 61.0 Å². The molecule has 0 unspecified atom stereocenters. The van der Waals surface area contributed by atoms with E-state index in [0.717, 1.165) is 56.9 Å². The second-order valence-corrected chi connectivity index (χ2v) is 7.97. The Labute approximate surface area is 177 Å². The average Bonchev–Trinajstić information content (AvgIpc) is 3.19. The summed E-state index contributed by atoms with van der Waals surface area (Å²) in [4.78, 5) is 29.2. The lowest BCUT2D eigenvalue weighted by atomic mass is 10.0. The third-order valence-corrected chi connectivity index (χ3v) is 5.79. The highest BCUT2D eigenvalue weighted by Gasteiger charge is 2.22. The molecule has 0 radical (unpaired) electrons. The molecule has 0 spiro atoms. The number of carbonyl (C=O) groups is 2. The number of carbonyl (C=O) groups excluding carboxylic acids is 2. The standard InChI is InChI=1S/C24H29N3O3/c28-23-10-5-11-27(23)17-19-6-4-9-21(16-19)24(29)25-22(20-7-2-1-3-8-20)18-26-12-14-30-15-13-26/h1-4,6-9,16,22H,5,10-15,17-18H2,(H,25,29)/t22-/m0/s1. The summed E-state index contributed by atoms with van der Waals surface area (Å²) in [6.45, 7) is 5.32. The van der Waals surface area contributed by atoms with Gasteiger partial charge >= 0.3 is 0 Å². The molecule has 158 valence electrons. The van der Waals surface area contributed by atoms with Gasteiger partial charge in [-0.25, -0.2) is 0 Å². The van der Waals surface area contributed by atoms with Gasteiger partial charge < -0.3 is 15.0 Å². The predicted octanol–water partition coefficient (Wildman–Crippen LogP) is 2.61. The Morgan fingerprint density at radius 1 is 1.03 bits per heavy atom. The zero-order valence-corrected chi connectivity index (χ0v) is 17.3. The maximum absolute atomic E-state index is 13.1. The fraction of sp³-hybridized carbons (Fsp3) is 0.417. The van der Waals surface area contributed by atoms with Crippen LogP contribution in [0.15, 0.2) is 54.6 Å². The zero-order chi connectivity index (χ0) is 20.8. The molecule has 6 nitrogen and oxygen atoms in total. The Kier molecular flexibility index (Phi) is 6.77. The molecule has 2 aromatic rings. The molecule has 4 rings (SSSR count). The van der Waals surface area contributed by atoms with E-state index in [0.29, 0.717) is 18.5 Å². The van der Waals surface area contributed by atoms with Gasteiger partial charge in [-0.3, -0.25) is 14.5 Å². The van der Waals surface area contributed by atoms with Crippen LogP contribution in [0.4, 0.5) is 0 Å². The summed E-state index contributed by atoms with van der Waals surface area (Å²) in [5.74, 6) is 0.103. The van der Waals surface area contributed by atoms with Crippen molar-refractivity contribution in [1.82, 2.24) is 15.1 Å². The lowest BCUT2D eigenvalue weighted by Gasteiger charge is -2.31. The van der Waals surface area contributed by atoms with Crippen LogP contribution in [0, 0.1) is 0 Å².